The molecule has 0 aromatic heterocycles. The molecule has 0 heterocycles. The number of aryl methyl sites for hydroxylation is 1. The van der Waals surface area contributed by atoms with Crippen molar-refractivity contribution < 1.29 is 13.2 Å². The highest BCUT2D eigenvalue weighted by molar-refractivity contribution is 7.89. The lowest BCUT2D eigenvalue weighted by Crippen LogP contribution is -2.21. The highest BCUT2D eigenvalue weighted by Gasteiger charge is 2.19. The monoisotopic (exact) mass is 318 g/mol. The number of rotatable bonds is 4. The Morgan fingerprint density at radius 3 is 2.27 bits per heavy atom. The van der Waals surface area contributed by atoms with Crippen LogP contribution < -0.4 is 10.0 Å². The number of benzene rings is 2. The van der Waals surface area contributed by atoms with E-state index in [1.165, 1.54) is 13.1 Å². The number of nitrogens with one attached hydrogen (secondary N) is 2. The minimum Gasteiger partial charge on any atom is -0.322 e. The zero-order valence-electron chi connectivity index (χ0n) is 12.7. The Hall–Kier alpha value is -2.18. The molecule has 5 nitrogen and oxygen atoms in total. The maximum absolute atomic E-state index is 12.3. The average molecular weight is 318 g/mol. The fourth-order valence-electron chi connectivity index (χ4n) is 2.07. The van der Waals surface area contributed by atoms with Crippen LogP contribution in [0.2, 0.25) is 0 Å². The zero-order valence-corrected chi connectivity index (χ0v) is 13.5. The molecule has 0 fully saturated rings. The molecule has 22 heavy (non-hydrogen) atoms. The van der Waals surface area contributed by atoms with Crippen molar-refractivity contribution >= 4 is 21.6 Å². The van der Waals surface area contributed by atoms with Gasteiger partial charge in [-0.15, -0.1) is 0 Å². The molecule has 116 valence electrons. The summed E-state index contributed by atoms with van der Waals surface area (Å²) in [7, 11) is -2.26. The first-order valence-corrected chi connectivity index (χ1v) is 8.24. The Kier molecular flexibility index (Phi) is 4.63. The largest absolute Gasteiger partial charge is 0.322 e. The fourth-order valence-corrected chi connectivity index (χ4v) is 3.14. The van der Waals surface area contributed by atoms with Crippen LogP contribution in [0.4, 0.5) is 5.69 Å². The number of anilines is 1. The molecule has 6 heteroatoms. The SMILES string of the molecule is CNS(=O)(=O)c1cc(C(=O)Nc2ccccc2)cc(C)c1C. The van der Waals surface area contributed by atoms with Gasteiger partial charge in [-0.2, -0.15) is 0 Å². The van der Waals surface area contributed by atoms with E-state index in [-0.39, 0.29) is 10.8 Å². The molecule has 0 aliphatic heterocycles. The topological polar surface area (TPSA) is 75.3 Å². The van der Waals surface area contributed by atoms with Crippen molar-refractivity contribution in [2.24, 2.45) is 0 Å². The van der Waals surface area contributed by atoms with E-state index in [1.54, 1.807) is 32.0 Å². The van der Waals surface area contributed by atoms with E-state index in [0.29, 0.717) is 16.8 Å². The van der Waals surface area contributed by atoms with Gasteiger partial charge in [0.1, 0.15) is 0 Å². The first-order valence-electron chi connectivity index (χ1n) is 6.76. The second-order valence-corrected chi connectivity index (χ2v) is 6.80. The van der Waals surface area contributed by atoms with Crippen LogP contribution in [0.5, 0.6) is 0 Å². The fraction of sp³-hybridized carbons (Fsp3) is 0.188. The van der Waals surface area contributed by atoms with E-state index in [4.69, 9.17) is 0 Å². The van der Waals surface area contributed by atoms with Crippen molar-refractivity contribution in [3.63, 3.8) is 0 Å². The predicted octanol–water partition coefficient (Wildman–Crippen LogP) is 2.46. The summed E-state index contributed by atoms with van der Waals surface area (Å²) in [5, 5.41) is 2.75. The number of carbonyl (C=O) groups is 1. The zero-order chi connectivity index (χ0) is 16.3. The Morgan fingerprint density at radius 2 is 1.68 bits per heavy atom. The van der Waals surface area contributed by atoms with Gasteiger partial charge in [-0.05, 0) is 56.3 Å². The number of para-hydroxylation sites is 1. The highest BCUT2D eigenvalue weighted by Crippen LogP contribution is 2.21. The number of hydrogen-bond donors (Lipinski definition) is 2. The summed E-state index contributed by atoms with van der Waals surface area (Å²) in [6.45, 7) is 3.50. The summed E-state index contributed by atoms with van der Waals surface area (Å²) in [6.07, 6.45) is 0. The highest BCUT2D eigenvalue weighted by atomic mass is 32.2. The lowest BCUT2D eigenvalue weighted by Gasteiger charge is -2.12. The van der Waals surface area contributed by atoms with Crippen LogP contribution in [0.15, 0.2) is 47.4 Å². The Balaban J connectivity index is 2.42. The quantitative estimate of drug-likeness (QED) is 0.909. The third-order valence-corrected chi connectivity index (χ3v) is 5.01. The van der Waals surface area contributed by atoms with Crippen molar-refractivity contribution in [3.05, 3.63) is 59.2 Å². The van der Waals surface area contributed by atoms with Gasteiger partial charge in [0, 0.05) is 11.3 Å². The molecule has 0 spiro atoms. The van der Waals surface area contributed by atoms with Gasteiger partial charge in [-0.3, -0.25) is 4.79 Å². The minimum atomic E-state index is -3.61. The lowest BCUT2D eigenvalue weighted by atomic mass is 10.1. The maximum Gasteiger partial charge on any atom is 0.255 e. The molecule has 1 amide bonds. The minimum absolute atomic E-state index is 0.119. The van der Waals surface area contributed by atoms with Gasteiger partial charge in [-0.25, -0.2) is 13.1 Å². The smallest absolute Gasteiger partial charge is 0.255 e. The van der Waals surface area contributed by atoms with Crippen molar-refractivity contribution in [3.8, 4) is 0 Å². The van der Waals surface area contributed by atoms with E-state index in [2.05, 4.69) is 10.0 Å². The van der Waals surface area contributed by atoms with Crippen molar-refractivity contribution in [2.75, 3.05) is 12.4 Å². The van der Waals surface area contributed by atoms with Crippen LogP contribution in [0.1, 0.15) is 21.5 Å². The molecule has 0 atom stereocenters. The summed E-state index contributed by atoms with van der Waals surface area (Å²) in [5.41, 5.74) is 2.34. The van der Waals surface area contributed by atoms with E-state index in [1.807, 2.05) is 18.2 Å². The average Bonchev–Trinajstić information content (AvgIpc) is 2.50. The molecule has 0 bridgehead atoms. The second-order valence-electron chi connectivity index (χ2n) is 4.94. The Labute approximate surface area is 130 Å². The first-order chi connectivity index (χ1) is 10.3. The Bertz CT molecular complexity index is 800. The number of hydrogen-bond acceptors (Lipinski definition) is 3. The molecule has 0 saturated carbocycles. The maximum atomic E-state index is 12.3. The summed E-state index contributed by atoms with van der Waals surface area (Å²) in [5.74, 6) is -0.346. The summed E-state index contributed by atoms with van der Waals surface area (Å²) in [4.78, 5) is 12.4. The summed E-state index contributed by atoms with van der Waals surface area (Å²) >= 11 is 0. The summed E-state index contributed by atoms with van der Waals surface area (Å²) < 4.78 is 26.4. The third kappa shape index (κ3) is 3.35. The van der Waals surface area contributed by atoms with Crippen LogP contribution in [0.3, 0.4) is 0 Å². The normalized spacial score (nSPS) is 11.2. The molecular formula is C16H18N2O3S. The van der Waals surface area contributed by atoms with Gasteiger partial charge in [-0.1, -0.05) is 18.2 Å². The van der Waals surface area contributed by atoms with Crippen LogP contribution in [-0.4, -0.2) is 21.4 Å². The van der Waals surface area contributed by atoms with E-state index >= 15 is 0 Å². The molecule has 2 N–H and O–H groups in total. The van der Waals surface area contributed by atoms with Gasteiger partial charge in [0.25, 0.3) is 5.91 Å². The molecule has 2 aromatic rings. The molecule has 2 aromatic carbocycles. The van der Waals surface area contributed by atoms with Crippen LogP contribution >= 0.6 is 0 Å². The third-order valence-electron chi connectivity index (χ3n) is 3.47. The van der Waals surface area contributed by atoms with Crippen molar-refractivity contribution in [1.29, 1.82) is 0 Å². The molecule has 2 rings (SSSR count). The van der Waals surface area contributed by atoms with Gasteiger partial charge in [0.15, 0.2) is 0 Å². The standard InChI is InChI=1S/C16H18N2O3S/c1-11-9-13(10-15(12(11)2)22(20,21)17-3)16(19)18-14-7-5-4-6-8-14/h4-10,17H,1-3H3,(H,18,19). The van der Waals surface area contributed by atoms with E-state index in [9.17, 15) is 13.2 Å². The summed E-state index contributed by atoms with van der Waals surface area (Å²) in [6, 6.07) is 12.1. The van der Waals surface area contributed by atoms with Gasteiger partial charge >= 0.3 is 0 Å². The van der Waals surface area contributed by atoms with Crippen LogP contribution in [-0.2, 0) is 10.0 Å². The van der Waals surface area contributed by atoms with E-state index in [0.717, 1.165) is 5.56 Å². The van der Waals surface area contributed by atoms with Gasteiger partial charge in [0.05, 0.1) is 4.90 Å². The lowest BCUT2D eigenvalue weighted by molar-refractivity contribution is 0.102. The molecule has 0 aliphatic rings. The Morgan fingerprint density at radius 1 is 1.05 bits per heavy atom. The van der Waals surface area contributed by atoms with Crippen molar-refractivity contribution in [1.82, 2.24) is 4.72 Å². The second kappa shape index (κ2) is 6.29. The molecule has 0 unspecified atom stereocenters. The van der Waals surface area contributed by atoms with Crippen LogP contribution in [0.25, 0.3) is 0 Å². The van der Waals surface area contributed by atoms with Crippen LogP contribution in [0, 0.1) is 13.8 Å². The van der Waals surface area contributed by atoms with E-state index < -0.39 is 10.0 Å². The predicted molar refractivity (Wildman–Crippen MR) is 86.6 cm³/mol. The molecule has 0 aliphatic carbocycles. The molecular weight excluding hydrogens is 300 g/mol. The number of sulfonamides is 1. The first kappa shape index (κ1) is 16.2. The molecule has 0 radical (unpaired) electrons. The van der Waals surface area contributed by atoms with Gasteiger partial charge in [0.2, 0.25) is 10.0 Å². The number of carbonyl (C=O) groups excluding carboxylic acids is 1. The van der Waals surface area contributed by atoms with Crippen molar-refractivity contribution in [2.45, 2.75) is 18.7 Å². The van der Waals surface area contributed by atoms with Gasteiger partial charge < -0.3 is 5.32 Å². The molecule has 0 saturated heterocycles. The number of amides is 1.